The van der Waals surface area contributed by atoms with Crippen LogP contribution >= 0.6 is 0 Å². The zero-order valence-electron chi connectivity index (χ0n) is 34.6. The van der Waals surface area contributed by atoms with Crippen molar-refractivity contribution >= 4 is 49.3 Å². The molecule has 5 nitrogen and oxygen atoms in total. The molecule has 0 N–H and O–H groups in total. The molecule has 0 aliphatic heterocycles. The highest BCUT2D eigenvalue weighted by molar-refractivity contribution is 6.14. The van der Waals surface area contributed by atoms with Crippen LogP contribution in [0.5, 0.6) is 0 Å². The Labute approximate surface area is 370 Å². The second-order valence-corrected chi connectivity index (χ2v) is 16.1. The molecule has 0 atom stereocenters. The molecule has 0 aliphatic rings. The van der Waals surface area contributed by atoms with Crippen molar-refractivity contribution in [2.45, 2.75) is 0 Å². The number of benzene rings is 9. The Bertz CT molecular complexity index is 3600. The zero-order chi connectivity index (χ0) is 42.6. The van der Waals surface area contributed by atoms with Crippen molar-refractivity contribution < 1.29 is 0 Å². The van der Waals surface area contributed by atoms with Gasteiger partial charge in [0.15, 0.2) is 11.5 Å². The van der Waals surface area contributed by atoms with Crippen molar-refractivity contribution in [3.63, 3.8) is 0 Å². The summed E-state index contributed by atoms with van der Waals surface area (Å²) in [5.74, 6) is 0.640. The molecular weight excluding hydrogens is 779 g/mol. The van der Waals surface area contributed by atoms with Crippen LogP contribution in [-0.4, -0.2) is 19.1 Å². The first-order valence-corrected chi connectivity index (χ1v) is 21.4. The van der Waals surface area contributed by atoms with Crippen LogP contribution < -0.4 is 0 Å². The van der Waals surface area contributed by atoms with E-state index in [4.69, 9.17) is 16.5 Å². The third-order valence-electron chi connectivity index (χ3n) is 12.3. The molecule has 0 spiro atoms. The SMILES string of the molecule is [C-]#[N+]c1ccc2c(c1)c1cc(-n3c4ccccc4c4ccccc43)ccc1n2-c1c(-c2ccccc2)cc(-c2nc(-c3ccccc3)cc(-c3ccccc3)n2)cc1-c1ccccc1. The van der Waals surface area contributed by atoms with Crippen molar-refractivity contribution in [2.24, 2.45) is 0 Å². The van der Waals surface area contributed by atoms with Gasteiger partial charge < -0.3 is 9.13 Å². The fourth-order valence-electron chi connectivity index (χ4n) is 9.42. The Morgan fingerprint density at radius 3 is 1.30 bits per heavy atom. The summed E-state index contributed by atoms with van der Waals surface area (Å²) >= 11 is 0. The highest BCUT2D eigenvalue weighted by Crippen LogP contribution is 2.45. The highest BCUT2D eigenvalue weighted by Gasteiger charge is 2.24. The Balaban J connectivity index is 1.17. The molecule has 3 aromatic heterocycles. The Hall–Kier alpha value is -8.85. The Kier molecular flexibility index (Phi) is 8.81. The minimum absolute atomic E-state index is 0.598. The van der Waals surface area contributed by atoms with Gasteiger partial charge in [-0.05, 0) is 77.2 Å². The lowest BCUT2D eigenvalue weighted by atomic mass is 9.92. The van der Waals surface area contributed by atoms with E-state index >= 15 is 0 Å². The summed E-state index contributed by atoms with van der Waals surface area (Å²) in [5, 5.41) is 4.50. The van der Waals surface area contributed by atoms with E-state index < -0.39 is 0 Å². The number of hydrogen-bond acceptors (Lipinski definition) is 2. The fourth-order valence-corrected chi connectivity index (χ4v) is 9.42. The van der Waals surface area contributed by atoms with Gasteiger partial charge in [0.05, 0.1) is 45.7 Å². The van der Waals surface area contributed by atoms with Gasteiger partial charge in [0, 0.05) is 49.7 Å². The molecule has 0 fully saturated rings. The van der Waals surface area contributed by atoms with Gasteiger partial charge in [-0.3, -0.25) is 0 Å². The maximum atomic E-state index is 8.07. The lowest BCUT2D eigenvalue weighted by molar-refractivity contribution is 1.16. The summed E-state index contributed by atoms with van der Waals surface area (Å²) in [7, 11) is 0. The first kappa shape index (κ1) is 37.0. The van der Waals surface area contributed by atoms with Gasteiger partial charge in [-0.1, -0.05) is 164 Å². The standard InChI is InChI=1S/C59H37N5/c1-60-44-30-32-56-50(36-44)51-37-45(63-54-28-16-14-26-46(54)47-27-15-17-29-55(47)63)31-33-57(51)64(56)58-48(39-18-6-2-7-19-39)34-43(35-49(58)40-20-8-3-9-21-40)59-61-52(41-22-10-4-11-23-41)38-53(62-59)42-24-12-5-13-25-42/h2-38H. The van der Waals surface area contributed by atoms with Gasteiger partial charge >= 0.3 is 0 Å². The van der Waals surface area contributed by atoms with Crippen molar-refractivity contribution in [1.29, 1.82) is 0 Å². The third kappa shape index (κ3) is 6.16. The van der Waals surface area contributed by atoms with Crippen LogP contribution in [0.3, 0.4) is 0 Å². The molecule has 3 heterocycles. The normalized spacial score (nSPS) is 11.4. The summed E-state index contributed by atoms with van der Waals surface area (Å²) < 4.78 is 4.76. The van der Waals surface area contributed by atoms with Gasteiger partial charge in [-0.2, -0.15) is 0 Å². The fraction of sp³-hybridized carbons (Fsp3) is 0. The van der Waals surface area contributed by atoms with E-state index in [0.29, 0.717) is 11.5 Å². The number of para-hydroxylation sites is 2. The summed E-state index contributed by atoms with van der Waals surface area (Å²) in [6.45, 7) is 8.07. The van der Waals surface area contributed by atoms with Crippen LogP contribution in [0.25, 0.3) is 116 Å². The highest BCUT2D eigenvalue weighted by atomic mass is 15.0. The van der Waals surface area contributed by atoms with E-state index in [0.717, 1.165) is 94.5 Å². The second kappa shape index (κ2) is 15.3. The van der Waals surface area contributed by atoms with Crippen molar-refractivity contribution in [2.75, 3.05) is 0 Å². The van der Waals surface area contributed by atoms with Gasteiger partial charge in [0.1, 0.15) is 0 Å². The molecule has 12 rings (SSSR count). The number of aromatic nitrogens is 4. The molecular formula is C59H37N5. The minimum atomic E-state index is 0.598. The molecule has 0 bridgehead atoms. The van der Waals surface area contributed by atoms with Crippen LogP contribution in [0.2, 0.25) is 0 Å². The van der Waals surface area contributed by atoms with Gasteiger partial charge in [-0.15, -0.1) is 0 Å². The van der Waals surface area contributed by atoms with E-state index in [9.17, 15) is 0 Å². The lowest BCUT2D eigenvalue weighted by Crippen LogP contribution is -2.03. The van der Waals surface area contributed by atoms with Crippen LogP contribution in [-0.2, 0) is 0 Å². The molecule has 0 saturated carbocycles. The van der Waals surface area contributed by atoms with Gasteiger partial charge in [0.2, 0.25) is 0 Å². The predicted molar refractivity (Wildman–Crippen MR) is 264 cm³/mol. The summed E-state index contributed by atoms with van der Waals surface area (Å²) in [5.41, 5.74) is 15.9. The quantitative estimate of drug-likeness (QED) is 0.150. The molecule has 5 heteroatoms. The minimum Gasteiger partial charge on any atom is -0.309 e. The largest absolute Gasteiger partial charge is 0.309 e. The zero-order valence-corrected chi connectivity index (χ0v) is 34.6. The van der Waals surface area contributed by atoms with Gasteiger partial charge in [-0.25, -0.2) is 14.8 Å². The van der Waals surface area contributed by atoms with Crippen LogP contribution in [0, 0.1) is 6.57 Å². The first-order chi connectivity index (χ1) is 31.7. The van der Waals surface area contributed by atoms with E-state index in [2.05, 4.69) is 190 Å². The number of rotatable bonds is 7. The average molecular weight is 816 g/mol. The predicted octanol–water partition coefficient (Wildman–Crippen LogP) is 15.6. The average Bonchev–Trinajstić information content (AvgIpc) is 3.88. The lowest BCUT2D eigenvalue weighted by Gasteiger charge is -2.21. The topological polar surface area (TPSA) is 40.0 Å². The molecule has 298 valence electrons. The van der Waals surface area contributed by atoms with Crippen molar-refractivity contribution in [1.82, 2.24) is 19.1 Å². The molecule has 0 saturated heterocycles. The summed E-state index contributed by atoms with van der Waals surface area (Å²) in [4.78, 5) is 14.5. The molecule has 0 radical (unpaired) electrons. The number of nitrogens with zero attached hydrogens (tertiary/aromatic N) is 5. The van der Waals surface area contributed by atoms with E-state index in [-0.39, 0.29) is 0 Å². The Morgan fingerprint density at radius 2 is 0.781 bits per heavy atom. The maximum absolute atomic E-state index is 8.07. The molecule has 0 unspecified atom stereocenters. The maximum Gasteiger partial charge on any atom is 0.188 e. The molecule has 0 aliphatic carbocycles. The first-order valence-electron chi connectivity index (χ1n) is 21.4. The van der Waals surface area contributed by atoms with Gasteiger partial charge in [0.25, 0.3) is 0 Å². The van der Waals surface area contributed by atoms with Crippen LogP contribution in [0.4, 0.5) is 5.69 Å². The Morgan fingerprint density at radius 1 is 0.344 bits per heavy atom. The van der Waals surface area contributed by atoms with Crippen molar-refractivity contribution in [3.05, 3.63) is 236 Å². The molecule has 12 aromatic rings. The second-order valence-electron chi connectivity index (χ2n) is 16.1. The summed E-state index contributed by atoms with van der Waals surface area (Å²) in [6, 6.07) is 78.6. The van der Waals surface area contributed by atoms with Crippen LogP contribution in [0.15, 0.2) is 224 Å². The third-order valence-corrected chi connectivity index (χ3v) is 12.3. The summed E-state index contributed by atoms with van der Waals surface area (Å²) in [6.07, 6.45) is 0. The van der Waals surface area contributed by atoms with Crippen molar-refractivity contribution in [3.8, 4) is 67.5 Å². The van der Waals surface area contributed by atoms with Crippen LogP contribution in [0.1, 0.15) is 0 Å². The molecule has 9 aromatic carbocycles. The smallest absolute Gasteiger partial charge is 0.188 e. The van der Waals surface area contributed by atoms with E-state index in [1.54, 1.807) is 0 Å². The molecule has 64 heavy (non-hydrogen) atoms. The van der Waals surface area contributed by atoms with E-state index in [1.165, 1.54) is 10.8 Å². The number of fused-ring (bicyclic) bond motifs is 6. The monoisotopic (exact) mass is 815 g/mol. The molecule has 0 amide bonds. The number of hydrogen-bond donors (Lipinski definition) is 0. The van der Waals surface area contributed by atoms with E-state index in [1.807, 2.05) is 48.5 Å².